The molecule has 6 rings (SSSR count). The van der Waals surface area contributed by atoms with Gasteiger partial charge in [-0.2, -0.15) is 0 Å². The van der Waals surface area contributed by atoms with Gasteiger partial charge >= 0.3 is 0 Å². The topological polar surface area (TPSA) is 67.5 Å². The molecule has 2 aliphatic heterocycles. The molecule has 7 nitrogen and oxygen atoms in total. The largest absolute Gasteiger partial charge is 0.369 e. The van der Waals surface area contributed by atoms with Crippen molar-refractivity contribution in [3.63, 3.8) is 0 Å². The van der Waals surface area contributed by atoms with Crippen LogP contribution in [0.1, 0.15) is 23.2 Å². The summed E-state index contributed by atoms with van der Waals surface area (Å²) in [5.41, 5.74) is 7.25. The van der Waals surface area contributed by atoms with Gasteiger partial charge in [0.05, 0.1) is 0 Å². The highest BCUT2D eigenvalue weighted by molar-refractivity contribution is 5.98. The van der Waals surface area contributed by atoms with E-state index in [1.165, 1.54) is 5.69 Å². The molecular formula is C32H38N6O. The Balaban J connectivity index is 1.15. The first-order valence-electron chi connectivity index (χ1n) is 14.1. The Morgan fingerprint density at radius 3 is 2.26 bits per heavy atom. The average molecular weight is 523 g/mol. The molecule has 2 N–H and O–H groups in total. The summed E-state index contributed by atoms with van der Waals surface area (Å²) in [7, 11) is 4.34. The number of likely N-dealkylation sites (N-methyl/N-ethyl adjacent to an activating group) is 1. The summed E-state index contributed by atoms with van der Waals surface area (Å²) in [6.45, 7) is 7.30. The van der Waals surface area contributed by atoms with E-state index in [1.807, 2.05) is 36.7 Å². The maximum atomic E-state index is 12.8. The fraction of sp³-hybridized carbons (Fsp3) is 0.375. The number of rotatable bonds is 6. The second kappa shape index (κ2) is 11.2. The van der Waals surface area contributed by atoms with Crippen molar-refractivity contribution in [2.45, 2.75) is 12.8 Å². The molecule has 7 heteroatoms. The summed E-state index contributed by atoms with van der Waals surface area (Å²) in [6, 6.07) is 19.0. The summed E-state index contributed by atoms with van der Waals surface area (Å²) in [4.78, 5) is 28.0. The molecular weight excluding hydrogens is 484 g/mol. The molecule has 2 fully saturated rings. The Kier molecular flexibility index (Phi) is 7.35. The van der Waals surface area contributed by atoms with Crippen LogP contribution in [-0.2, 0) is 0 Å². The van der Waals surface area contributed by atoms with Gasteiger partial charge in [-0.3, -0.25) is 4.79 Å². The smallest absolute Gasteiger partial charge is 0.251 e. The summed E-state index contributed by atoms with van der Waals surface area (Å²) < 4.78 is 0. The number of hydrogen-bond donors (Lipinski definition) is 2. The molecule has 2 aliphatic rings. The Morgan fingerprint density at radius 2 is 1.54 bits per heavy atom. The highest BCUT2D eigenvalue weighted by atomic mass is 16.1. The van der Waals surface area contributed by atoms with E-state index in [9.17, 15) is 4.79 Å². The number of amides is 1. The number of piperidine rings is 1. The third-order valence-corrected chi connectivity index (χ3v) is 8.45. The van der Waals surface area contributed by atoms with E-state index < -0.39 is 0 Å². The van der Waals surface area contributed by atoms with E-state index in [4.69, 9.17) is 4.98 Å². The molecule has 4 aromatic rings. The van der Waals surface area contributed by atoms with E-state index in [-0.39, 0.29) is 5.91 Å². The van der Waals surface area contributed by atoms with Crippen LogP contribution in [-0.4, -0.2) is 85.6 Å². The van der Waals surface area contributed by atoms with Crippen molar-refractivity contribution < 1.29 is 4.79 Å². The van der Waals surface area contributed by atoms with Crippen molar-refractivity contribution in [1.82, 2.24) is 25.1 Å². The Morgan fingerprint density at radius 1 is 0.872 bits per heavy atom. The number of likely N-dealkylation sites (tertiary alicyclic amines) is 1. The van der Waals surface area contributed by atoms with Crippen LogP contribution in [0.15, 0.2) is 67.0 Å². The van der Waals surface area contributed by atoms with Gasteiger partial charge in [-0.15, -0.1) is 0 Å². The van der Waals surface area contributed by atoms with E-state index >= 15 is 0 Å². The van der Waals surface area contributed by atoms with Crippen LogP contribution in [0.4, 0.5) is 5.69 Å². The molecule has 2 aromatic heterocycles. The molecule has 0 spiro atoms. The van der Waals surface area contributed by atoms with Crippen LogP contribution in [0.2, 0.25) is 0 Å². The predicted octanol–water partition coefficient (Wildman–Crippen LogP) is 4.72. The minimum absolute atomic E-state index is 0.00313. The zero-order chi connectivity index (χ0) is 26.8. The lowest BCUT2D eigenvalue weighted by molar-refractivity contribution is 0.0939. The third kappa shape index (κ3) is 5.70. The number of pyridine rings is 1. The molecule has 0 bridgehead atoms. The molecule has 39 heavy (non-hydrogen) atoms. The van der Waals surface area contributed by atoms with Gasteiger partial charge in [-0.25, -0.2) is 4.98 Å². The molecule has 1 amide bonds. The van der Waals surface area contributed by atoms with Crippen molar-refractivity contribution in [2.24, 2.45) is 5.92 Å². The third-order valence-electron chi connectivity index (χ3n) is 8.45. The number of fused-ring (bicyclic) bond motifs is 1. The lowest BCUT2D eigenvalue weighted by Gasteiger charge is -2.34. The van der Waals surface area contributed by atoms with Gasteiger partial charge in [0.1, 0.15) is 5.65 Å². The molecule has 4 heterocycles. The van der Waals surface area contributed by atoms with Crippen molar-refractivity contribution >= 4 is 22.6 Å². The summed E-state index contributed by atoms with van der Waals surface area (Å²) >= 11 is 0. The van der Waals surface area contributed by atoms with Crippen molar-refractivity contribution in [2.75, 3.05) is 64.8 Å². The number of piperazine rings is 1. The standard InChI is InChI=1S/C32H38N6O/c1-36-13-11-23(12-14-36)20-35-32(39)26-5-3-25(4-6-26)30-22-34-31-29(30)19-27(21-33-31)24-7-9-28(10-8-24)38-17-15-37(2)16-18-38/h3-10,19,21-23H,11-18,20H2,1-2H3,(H,33,34)(H,35,39). The number of carbonyl (C=O) groups is 1. The van der Waals surface area contributed by atoms with Gasteiger partial charge < -0.3 is 25.0 Å². The van der Waals surface area contributed by atoms with Crippen molar-refractivity contribution in [3.05, 3.63) is 72.6 Å². The van der Waals surface area contributed by atoms with Gasteiger partial charge in [0.15, 0.2) is 0 Å². The Hall–Kier alpha value is -3.68. The number of nitrogens with one attached hydrogen (secondary N) is 2. The molecule has 0 radical (unpaired) electrons. The van der Waals surface area contributed by atoms with Crippen LogP contribution in [0.3, 0.4) is 0 Å². The van der Waals surface area contributed by atoms with Crippen LogP contribution in [0.25, 0.3) is 33.3 Å². The second-order valence-corrected chi connectivity index (χ2v) is 11.2. The first kappa shape index (κ1) is 25.6. The Bertz CT molecular complexity index is 1410. The normalized spacial score (nSPS) is 17.5. The SMILES string of the molecule is CN1CCC(CNC(=O)c2ccc(-c3c[nH]c4ncc(-c5ccc(N6CCN(C)CC6)cc5)cc34)cc2)CC1. The lowest BCUT2D eigenvalue weighted by Crippen LogP contribution is -2.44. The number of benzene rings is 2. The molecule has 0 saturated carbocycles. The van der Waals surface area contributed by atoms with Crippen LogP contribution in [0, 0.1) is 5.92 Å². The van der Waals surface area contributed by atoms with Gasteiger partial charge in [0.2, 0.25) is 0 Å². The van der Waals surface area contributed by atoms with E-state index in [1.54, 1.807) is 0 Å². The molecule has 0 atom stereocenters. The monoisotopic (exact) mass is 522 g/mol. The van der Waals surface area contributed by atoms with E-state index in [2.05, 4.69) is 69.4 Å². The highest BCUT2D eigenvalue weighted by Crippen LogP contribution is 2.32. The molecule has 0 aliphatic carbocycles. The average Bonchev–Trinajstić information content (AvgIpc) is 3.41. The Labute approximate surface area is 230 Å². The van der Waals surface area contributed by atoms with Gasteiger partial charge in [-0.1, -0.05) is 24.3 Å². The molecule has 2 saturated heterocycles. The molecule has 202 valence electrons. The van der Waals surface area contributed by atoms with E-state index in [0.29, 0.717) is 11.5 Å². The maximum absolute atomic E-state index is 12.8. The number of aromatic nitrogens is 2. The minimum atomic E-state index is 0.00313. The zero-order valence-electron chi connectivity index (χ0n) is 23.0. The maximum Gasteiger partial charge on any atom is 0.251 e. The van der Waals surface area contributed by atoms with Crippen LogP contribution >= 0.6 is 0 Å². The molecule has 0 unspecified atom stereocenters. The van der Waals surface area contributed by atoms with Gasteiger partial charge in [0, 0.05) is 72.9 Å². The number of nitrogens with zero attached hydrogens (tertiary/aromatic N) is 4. The number of aromatic amines is 1. The van der Waals surface area contributed by atoms with Gasteiger partial charge in [0.25, 0.3) is 5.91 Å². The quantitative estimate of drug-likeness (QED) is 0.384. The molecule has 2 aromatic carbocycles. The zero-order valence-corrected chi connectivity index (χ0v) is 23.0. The van der Waals surface area contributed by atoms with Crippen LogP contribution in [0.5, 0.6) is 0 Å². The number of carbonyl (C=O) groups excluding carboxylic acids is 1. The van der Waals surface area contributed by atoms with E-state index in [0.717, 1.165) is 91.9 Å². The van der Waals surface area contributed by atoms with Crippen molar-refractivity contribution in [1.29, 1.82) is 0 Å². The number of hydrogen-bond acceptors (Lipinski definition) is 5. The summed E-state index contributed by atoms with van der Waals surface area (Å²) in [5.74, 6) is 0.573. The second-order valence-electron chi connectivity index (χ2n) is 11.2. The number of H-pyrrole nitrogens is 1. The first-order valence-corrected chi connectivity index (χ1v) is 14.1. The van der Waals surface area contributed by atoms with Crippen molar-refractivity contribution in [3.8, 4) is 22.3 Å². The number of anilines is 1. The fourth-order valence-corrected chi connectivity index (χ4v) is 5.74. The summed E-state index contributed by atoms with van der Waals surface area (Å²) in [5, 5.41) is 4.22. The highest BCUT2D eigenvalue weighted by Gasteiger charge is 2.18. The fourth-order valence-electron chi connectivity index (χ4n) is 5.74. The lowest BCUT2D eigenvalue weighted by atomic mass is 9.97. The first-order chi connectivity index (χ1) is 19.0. The minimum Gasteiger partial charge on any atom is -0.369 e. The predicted molar refractivity (Wildman–Crippen MR) is 159 cm³/mol. The van der Waals surface area contributed by atoms with Crippen LogP contribution < -0.4 is 10.2 Å². The van der Waals surface area contributed by atoms with Gasteiger partial charge in [-0.05, 0) is 87.4 Å². The summed E-state index contributed by atoms with van der Waals surface area (Å²) in [6.07, 6.45) is 6.23.